The third-order valence-corrected chi connectivity index (χ3v) is 5.65. The summed E-state index contributed by atoms with van der Waals surface area (Å²) < 4.78 is 37.9. The Morgan fingerprint density at radius 1 is 1.12 bits per heavy atom. The molecular formula is C16H12Cl2FNO3S. The second kappa shape index (κ2) is 7.34. The lowest BCUT2D eigenvalue weighted by molar-refractivity contribution is -0.113. The molecule has 0 radical (unpaired) electrons. The molecule has 0 aliphatic carbocycles. The first-order chi connectivity index (χ1) is 11.2. The quantitative estimate of drug-likeness (QED) is 0.796. The number of halogens is 3. The summed E-state index contributed by atoms with van der Waals surface area (Å²) in [6, 6.07) is 9.49. The van der Waals surface area contributed by atoms with Crippen LogP contribution in [0.2, 0.25) is 10.0 Å². The molecule has 126 valence electrons. The molecule has 0 bridgehead atoms. The molecule has 0 aliphatic heterocycles. The minimum Gasteiger partial charge on any atom is -0.365 e. The molecule has 2 rings (SSSR count). The lowest BCUT2D eigenvalue weighted by atomic mass is 10.2. The zero-order chi connectivity index (χ0) is 17.9. The van der Waals surface area contributed by atoms with Crippen molar-refractivity contribution < 1.29 is 17.6 Å². The molecule has 0 heterocycles. The van der Waals surface area contributed by atoms with Gasteiger partial charge in [0.2, 0.25) is 0 Å². The topological polar surface area (TPSA) is 77.2 Å². The molecule has 0 spiro atoms. The second-order valence-electron chi connectivity index (χ2n) is 4.90. The van der Waals surface area contributed by atoms with E-state index in [-0.39, 0.29) is 15.6 Å². The molecule has 24 heavy (non-hydrogen) atoms. The number of benzene rings is 2. The standard InChI is InChI=1S/C16H12Cl2FNO3S/c17-13-3-1-2-11(15(13)18)8-14(16(20)21)24(22,23)9-10-4-6-12(19)7-5-10/h1-8H,9H2,(H2,20,21)/b14-8+. The van der Waals surface area contributed by atoms with Crippen LogP contribution in [0.5, 0.6) is 0 Å². The van der Waals surface area contributed by atoms with Crippen molar-refractivity contribution in [2.45, 2.75) is 5.75 Å². The summed E-state index contributed by atoms with van der Waals surface area (Å²) in [6.07, 6.45) is 1.08. The Bertz CT molecular complexity index is 909. The van der Waals surface area contributed by atoms with Crippen LogP contribution in [-0.2, 0) is 20.4 Å². The SMILES string of the molecule is NC(=O)/C(=C\c1cccc(Cl)c1Cl)S(=O)(=O)Cc1ccc(F)cc1. The Balaban J connectivity index is 2.46. The predicted octanol–water partition coefficient (Wildman–Crippen LogP) is 3.57. The fourth-order valence-corrected chi connectivity index (χ4v) is 3.73. The molecule has 0 fully saturated rings. The van der Waals surface area contributed by atoms with E-state index in [1.807, 2.05) is 0 Å². The van der Waals surface area contributed by atoms with Crippen molar-refractivity contribution in [3.8, 4) is 0 Å². The maximum absolute atomic E-state index is 12.9. The highest BCUT2D eigenvalue weighted by atomic mass is 35.5. The maximum atomic E-state index is 12.9. The average Bonchev–Trinajstić information content (AvgIpc) is 2.50. The van der Waals surface area contributed by atoms with E-state index in [1.165, 1.54) is 24.3 Å². The Morgan fingerprint density at radius 3 is 2.33 bits per heavy atom. The minimum atomic E-state index is -4.05. The summed E-state index contributed by atoms with van der Waals surface area (Å²) in [5.74, 6) is -2.11. The van der Waals surface area contributed by atoms with Gasteiger partial charge in [0.05, 0.1) is 15.8 Å². The Kier molecular flexibility index (Phi) is 5.64. The highest BCUT2D eigenvalue weighted by molar-refractivity contribution is 7.95. The van der Waals surface area contributed by atoms with Gasteiger partial charge in [-0.3, -0.25) is 4.79 Å². The van der Waals surface area contributed by atoms with Crippen molar-refractivity contribution in [3.63, 3.8) is 0 Å². The fourth-order valence-electron chi connectivity index (χ4n) is 1.97. The van der Waals surface area contributed by atoms with E-state index in [0.717, 1.165) is 18.2 Å². The van der Waals surface area contributed by atoms with Gasteiger partial charge in [0, 0.05) is 0 Å². The summed E-state index contributed by atoms with van der Waals surface area (Å²) in [5, 5.41) is 0.320. The van der Waals surface area contributed by atoms with Gasteiger partial charge in [-0.25, -0.2) is 12.8 Å². The minimum absolute atomic E-state index is 0.106. The van der Waals surface area contributed by atoms with E-state index in [4.69, 9.17) is 28.9 Å². The van der Waals surface area contributed by atoms with Gasteiger partial charge in [-0.2, -0.15) is 0 Å². The van der Waals surface area contributed by atoms with Crippen LogP contribution < -0.4 is 5.73 Å². The molecule has 2 aromatic carbocycles. The molecule has 0 aliphatic rings. The zero-order valence-electron chi connectivity index (χ0n) is 12.2. The Hall–Kier alpha value is -1.89. The first kappa shape index (κ1) is 18.4. The number of rotatable bonds is 5. The van der Waals surface area contributed by atoms with Gasteiger partial charge in [-0.05, 0) is 35.4 Å². The van der Waals surface area contributed by atoms with E-state index in [9.17, 15) is 17.6 Å². The van der Waals surface area contributed by atoms with Gasteiger partial charge >= 0.3 is 0 Å². The van der Waals surface area contributed by atoms with Gasteiger partial charge in [-0.1, -0.05) is 47.5 Å². The van der Waals surface area contributed by atoms with Crippen LogP contribution in [0.4, 0.5) is 4.39 Å². The van der Waals surface area contributed by atoms with Crippen molar-refractivity contribution in [1.29, 1.82) is 0 Å². The highest BCUT2D eigenvalue weighted by Crippen LogP contribution is 2.28. The first-order valence-corrected chi connectivity index (χ1v) is 9.04. The molecule has 8 heteroatoms. The lowest BCUT2D eigenvalue weighted by Gasteiger charge is -2.08. The molecule has 2 aromatic rings. The molecule has 0 unspecified atom stereocenters. The molecular weight excluding hydrogens is 376 g/mol. The van der Waals surface area contributed by atoms with Gasteiger partial charge in [0.25, 0.3) is 5.91 Å². The largest absolute Gasteiger partial charge is 0.365 e. The van der Waals surface area contributed by atoms with E-state index in [0.29, 0.717) is 5.56 Å². The van der Waals surface area contributed by atoms with Crippen molar-refractivity contribution in [2.24, 2.45) is 5.73 Å². The molecule has 2 N–H and O–H groups in total. The molecule has 0 saturated heterocycles. The summed E-state index contributed by atoms with van der Waals surface area (Å²) >= 11 is 11.9. The number of amides is 1. The number of carbonyl (C=O) groups excluding carboxylic acids is 1. The number of nitrogens with two attached hydrogens (primary N) is 1. The average molecular weight is 388 g/mol. The van der Waals surface area contributed by atoms with Crippen molar-refractivity contribution >= 4 is 45.0 Å². The van der Waals surface area contributed by atoms with E-state index in [2.05, 4.69) is 0 Å². The Morgan fingerprint density at radius 2 is 1.75 bits per heavy atom. The van der Waals surface area contributed by atoms with Gasteiger partial charge in [0.1, 0.15) is 10.7 Å². The number of sulfone groups is 1. The van der Waals surface area contributed by atoms with Crippen LogP contribution in [0.15, 0.2) is 47.4 Å². The van der Waals surface area contributed by atoms with Gasteiger partial charge in [0.15, 0.2) is 9.84 Å². The lowest BCUT2D eigenvalue weighted by Crippen LogP contribution is -2.22. The summed E-state index contributed by atoms with van der Waals surface area (Å²) in [7, 11) is -4.05. The number of hydrogen-bond acceptors (Lipinski definition) is 3. The van der Waals surface area contributed by atoms with Crippen LogP contribution in [0.25, 0.3) is 6.08 Å². The smallest absolute Gasteiger partial charge is 0.260 e. The van der Waals surface area contributed by atoms with Crippen molar-refractivity contribution in [2.75, 3.05) is 0 Å². The summed E-state index contributed by atoms with van der Waals surface area (Å²) in [5.41, 5.74) is 5.78. The second-order valence-corrected chi connectivity index (χ2v) is 7.64. The fraction of sp³-hybridized carbons (Fsp3) is 0.0625. The number of hydrogen-bond donors (Lipinski definition) is 1. The van der Waals surface area contributed by atoms with Crippen LogP contribution in [0.1, 0.15) is 11.1 Å². The number of primary amides is 1. The van der Waals surface area contributed by atoms with E-state index >= 15 is 0 Å². The Labute approximate surface area is 148 Å². The molecule has 0 atom stereocenters. The van der Waals surface area contributed by atoms with Crippen molar-refractivity contribution in [3.05, 3.63) is 74.4 Å². The van der Waals surface area contributed by atoms with Crippen molar-refractivity contribution in [1.82, 2.24) is 0 Å². The molecule has 0 saturated carbocycles. The van der Waals surface area contributed by atoms with Crippen LogP contribution >= 0.6 is 23.2 Å². The van der Waals surface area contributed by atoms with Gasteiger partial charge in [-0.15, -0.1) is 0 Å². The third-order valence-electron chi connectivity index (χ3n) is 3.12. The molecule has 4 nitrogen and oxygen atoms in total. The predicted molar refractivity (Wildman–Crippen MR) is 92.7 cm³/mol. The van der Waals surface area contributed by atoms with Crippen LogP contribution in [0.3, 0.4) is 0 Å². The zero-order valence-corrected chi connectivity index (χ0v) is 14.5. The monoisotopic (exact) mass is 387 g/mol. The van der Waals surface area contributed by atoms with Gasteiger partial charge < -0.3 is 5.73 Å². The maximum Gasteiger partial charge on any atom is 0.260 e. The third kappa shape index (κ3) is 4.35. The molecule has 1 amide bonds. The highest BCUT2D eigenvalue weighted by Gasteiger charge is 2.24. The summed E-state index contributed by atoms with van der Waals surface area (Å²) in [4.78, 5) is 11.0. The number of carbonyl (C=O) groups is 1. The molecule has 0 aromatic heterocycles. The normalized spacial score (nSPS) is 12.2. The van der Waals surface area contributed by atoms with E-state index < -0.39 is 32.2 Å². The van der Waals surface area contributed by atoms with E-state index in [1.54, 1.807) is 6.07 Å². The van der Waals surface area contributed by atoms with Crippen LogP contribution in [0, 0.1) is 5.82 Å². The summed E-state index contributed by atoms with van der Waals surface area (Å²) in [6.45, 7) is 0. The first-order valence-electron chi connectivity index (χ1n) is 6.63. The van der Waals surface area contributed by atoms with Crippen LogP contribution in [-0.4, -0.2) is 14.3 Å².